The molecule has 0 saturated carbocycles. The van der Waals surface area contributed by atoms with Crippen LogP contribution in [-0.4, -0.2) is 6.15 Å². The molecule has 0 unspecified atom stereocenters. The number of hydrogen-bond acceptors (Lipinski definition) is 0. The lowest BCUT2D eigenvalue weighted by molar-refractivity contribution is -0.688. The van der Waals surface area contributed by atoms with E-state index in [-0.39, 0.29) is 0 Å². The second-order valence-electron chi connectivity index (χ2n) is 12.0. The number of aromatic nitrogens is 1. The molecule has 0 spiro atoms. The van der Waals surface area contributed by atoms with E-state index in [4.69, 9.17) is 0 Å². The molecule has 0 aliphatic carbocycles. The highest BCUT2D eigenvalue weighted by Crippen LogP contribution is 2.30. The summed E-state index contributed by atoms with van der Waals surface area (Å²) in [5.74, 6) is -71.4. The lowest BCUT2D eigenvalue weighted by Crippen LogP contribution is -2.81. The molecule has 23 heteroatoms. The molecular weight excluding hydrogens is 917 g/mol. The van der Waals surface area contributed by atoms with E-state index in [1.807, 2.05) is 18.2 Å². The Morgan fingerprint density at radius 2 is 0.542 bits per heavy atom. The fourth-order valence-electron chi connectivity index (χ4n) is 6.21. The van der Waals surface area contributed by atoms with Gasteiger partial charge in [0, 0.05) is 22.2 Å². The molecule has 0 N–H and O–H groups in total. The lowest BCUT2D eigenvalue weighted by atomic mass is 9.12. The van der Waals surface area contributed by atoms with Crippen LogP contribution >= 0.6 is 15.9 Å². The molecule has 0 fully saturated rings. The molecule has 0 amide bonds. The van der Waals surface area contributed by atoms with Gasteiger partial charge in [0.1, 0.15) is 52.7 Å². The van der Waals surface area contributed by atoms with Crippen LogP contribution in [-0.2, 0) is 6.54 Å². The SMILES string of the molecule is Brc1cc[n+](Cc2ccccc2)cc1.Fc1c(F)c(F)c([B-](c2c(F)c(F)c(F)c(F)c2F)(c2c(F)c(F)c(F)c(F)c2F)c2c(F)c(F)c(F)c(F)c2F)c(F)c1F. The average Bonchev–Trinajstić information content (AvgIpc) is 3.22. The summed E-state index contributed by atoms with van der Waals surface area (Å²) in [5, 5.41) is 0. The van der Waals surface area contributed by atoms with E-state index >= 15 is 35.1 Å². The zero-order valence-electron chi connectivity index (χ0n) is 27.9. The maximum Gasteiger partial charge on any atom is 0.200 e. The zero-order valence-corrected chi connectivity index (χ0v) is 29.5. The first-order valence-corrected chi connectivity index (χ1v) is 16.3. The maximum absolute atomic E-state index is 15.4. The Hall–Kier alpha value is -5.61. The molecule has 0 aliphatic rings. The number of rotatable bonds is 6. The van der Waals surface area contributed by atoms with Gasteiger partial charge in [0.2, 0.25) is 0 Å². The molecule has 0 bridgehead atoms. The fourth-order valence-corrected chi connectivity index (χ4v) is 6.45. The normalized spacial score (nSPS) is 11.5. The minimum atomic E-state index is -7.22. The maximum atomic E-state index is 15.4. The Balaban J connectivity index is 0.000000395. The number of hydrogen-bond donors (Lipinski definition) is 0. The van der Waals surface area contributed by atoms with Crippen molar-refractivity contribution in [3.63, 3.8) is 0 Å². The van der Waals surface area contributed by atoms with Crippen LogP contribution in [0.25, 0.3) is 0 Å². The molecule has 0 radical (unpaired) electrons. The first-order chi connectivity index (χ1) is 27.5. The fraction of sp³-hybridized carbons (Fsp3) is 0.0278. The quantitative estimate of drug-likeness (QED) is 0.0519. The van der Waals surface area contributed by atoms with E-state index in [0.29, 0.717) is 0 Å². The first-order valence-electron chi connectivity index (χ1n) is 15.5. The Bertz CT molecular complexity index is 2260. The number of pyridine rings is 1. The van der Waals surface area contributed by atoms with Gasteiger partial charge in [-0.3, -0.25) is 0 Å². The van der Waals surface area contributed by atoms with Crippen LogP contribution < -0.4 is 26.4 Å². The van der Waals surface area contributed by atoms with Gasteiger partial charge in [0.15, 0.2) is 88.7 Å². The summed E-state index contributed by atoms with van der Waals surface area (Å²) in [6, 6.07) is 14.5. The molecule has 0 aliphatic heterocycles. The average molecular weight is 928 g/mol. The molecular formula is C36H11BBrF20N. The van der Waals surface area contributed by atoms with Gasteiger partial charge in [-0.25, -0.2) is 92.4 Å². The summed E-state index contributed by atoms with van der Waals surface area (Å²) in [4.78, 5) is 0. The van der Waals surface area contributed by atoms with Crippen molar-refractivity contribution in [1.82, 2.24) is 0 Å². The molecule has 6 aromatic rings. The van der Waals surface area contributed by atoms with E-state index in [1.54, 1.807) is 0 Å². The van der Waals surface area contributed by atoms with Crippen LogP contribution in [0.4, 0.5) is 87.8 Å². The second kappa shape index (κ2) is 16.6. The number of halogens is 21. The Kier molecular flexibility index (Phi) is 12.5. The summed E-state index contributed by atoms with van der Waals surface area (Å²) in [6.07, 6.45) is -3.08. The van der Waals surface area contributed by atoms with Gasteiger partial charge < -0.3 is 0 Å². The monoisotopic (exact) mass is 927 g/mol. The van der Waals surface area contributed by atoms with Crippen LogP contribution in [0.5, 0.6) is 0 Å². The van der Waals surface area contributed by atoms with Crippen LogP contribution in [0.2, 0.25) is 0 Å². The lowest BCUT2D eigenvalue weighted by Gasteiger charge is -2.44. The summed E-state index contributed by atoms with van der Waals surface area (Å²) in [7, 11) is 0. The van der Waals surface area contributed by atoms with Crippen LogP contribution in [0, 0.1) is 116 Å². The molecule has 1 aromatic heterocycles. The van der Waals surface area contributed by atoms with Crippen molar-refractivity contribution in [3.05, 3.63) is 181 Å². The van der Waals surface area contributed by atoms with Gasteiger partial charge in [-0.05, 0) is 0 Å². The van der Waals surface area contributed by atoms with Crippen LogP contribution in [0.15, 0.2) is 59.3 Å². The van der Waals surface area contributed by atoms with Crippen molar-refractivity contribution >= 4 is 43.9 Å². The summed E-state index contributed by atoms with van der Waals surface area (Å²) >= 11 is 3.42. The highest BCUT2D eigenvalue weighted by Gasteiger charge is 2.52. The minimum Gasteiger partial charge on any atom is -0.207 e. The van der Waals surface area contributed by atoms with Crippen molar-refractivity contribution in [2.24, 2.45) is 0 Å². The summed E-state index contributed by atoms with van der Waals surface area (Å²) in [5.41, 5.74) is -13.0. The third-order valence-corrected chi connectivity index (χ3v) is 9.29. The summed E-state index contributed by atoms with van der Waals surface area (Å²) < 4.78 is 297. The summed E-state index contributed by atoms with van der Waals surface area (Å²) in [6.45, 7) is 0.925. The predicted octanol–water partition coefficient (Wildman–Crippen LogP) is 8.63. The van der Waals surface area contributed by atoms with Crippen molar-refractivity contribution in [2.45, 2.75) is 6.54 Å². The van der Waals surface area contributed by atoms with Gasteiger partial charge >= 0.3 is 0 Å². The molecule has 6 rings (SSSR count). The zero-order chi connectivity index (χ0) is 44.2. The van der Waals surface area contributed by atoms with Crippen LogP contribution in [0.3, 0.4) is 0 Å². The Morgan fingerprint density at radius 3 is 0.780 bits per heavy atom. The van der Waals surface area contributed by atoms with E-state index in [1.165, 1.54) is 5.56 Å². The highest BCUT2D eigenvalue weighted by molar-refractivity contribution is 9.10. The topological polar surface area (TPSA) is 3.88 Å². The first kappa shape index (κ1) is 44.5. The molecule has 0 atom stereocenters. The molecule has 1 heterocycles. The van der Waals surface area contributed by atoms with E-state index in [0.717, 1.165) is 11.0 Å². The van der Waals surface area contributed by atoms with E-state index in [2.05, 4.69) is 57.2 Å². The molecule has 0 saturated heterocycles. The molecule has 5 aromatic carbocycles. The third-order valence-electron chi connectivity index (χ3n) is 8.77. The molecule has 310 valence electrons. The van der Waals surface area contributed by atoms with Crippen molar-refractivity contribution in [1.29, 1.82) is 0 Å². The largest absolute Gasteiger partial charge is 0.207 e. The van der Waals surface area contributed by atoms with Gasteiger partial charge in [-0.1, -0.05) is 46.3 Å². The standard InChI is InChI=1S/C24BF20.C12H11BrN/c26-5-1(6(27)14(35)21(42)13(5)34)25(2-7(28)15(36)22(43)16(37)8(2)29,3-9(30)17(38)23(44)18(39)10(3)31)4-11(32)19(40)24(45)20(41)12(4)33;13-12-6-8-14(9-7-12)10-11-4-2-1-3-5-11/h;1-9H,10H2/q-1;+1. The van der Waals surface area contributed by atoms with Gasteiger partial charge in [0.25, 0.3) is 0 Å². The van der Waals surface area contributed by atoms with Crippen molar-refractivity contribution < 1.29 is 92.4 Å². The van der Waals surface area contributed by atoms with E-state index < -0.39 is 144 Å². The second-order valence-corrected chi connectivity index (χ2v) is 12.9. The highest BCUT2D eigenvalue weighted by atomic mass is 79.9. The number of benzene rings is 5. The molecule has 59 heavy (non-hydrogen) atoms. The predicted molar refractivity (Wildman–Crippen MR) is 169 cm³/mol. The minimum absolute atomic E-state index is 0.925. The number of nitrogens with zero attached hydrogens (tertiary/aromatic N) is 1. The van der Waals surface area contributed by atoms with E-state index in [9.17, 15) is 52.7 Å². The smallest absolute Gasteiger partial charge is 0.200 e. The van der Waals surface area contributed by atoms with Crippen molar-refractivity contribution in [3.8, 4) is 0 Å². The molecule has 1 nitrogen and oxygen atoms in total. The Morgan fingerprint density at radius 1 is 0.322 bits per heavy atom. The van der Waals surface area contributed by atoms with Crippen molar-refractivity contribution in [2.75, 3.05) is 0 Å². The van der Waals surface area contributed by atoms with Crippen LogP contribution in [0.1, 0.15) is 5.56 Å². The third kappa shape index (κ3) is 7.15. The van der Waals surface area contributed by atoms with Gasteiger partial charge in [-0.15, -0.1) is 21.9 Å². The Labute approximate surface area is 323 Å². The van der Waals surface area contributed by atoms with Gasteiger partial charge in [-0.2, -0.15) is 0 Å². The van der Waals surface area contributed by atoms with Gasteiger partial charge in [0.05, 0.1) is 0 Å².